The van der Waals surface area contributed by atoms with Crippen LogP contribution in [-0.2, 0) is 0 Å². The van der Waals surface area contributed by atoms with Gasteiger partial charge in [-0.15, -0.1) is 0 Å². The minimum Gasteiger partial charge on any atom is -0.440 e. The highest BCUT2D eigenvalue weighted by Gasteiger charge is 2.29. The number of nitrogens with one attached hydrogen (secondary N) is 1. The number of amides is 1. The van der Waals surface area contributed by atoms with E-state index in [0.717, 1.165) is 29.8 Å². The summed E-state index contributed by atoms with van der Waals surface area (Å²) in [7, 11) is 0. The van der Waals surface area contributed by atoms with Gasteiger partial charge in [-0.25, -0.2) is 15.0 Å². The van der Waals surface area contributed by atoms with Crippen LogP contribution in [0.4, 0.5) is 5.69 Å². The van der Waals surface area contributed by atoms with Gasteiger partial charge in [0.05, 0.1) is 11.2 Å². The van der Waals surface area contributed by atoms with Crippen molar-refractivity contribution in [2.45, 2.75) is 23.9 Å². The molecule has 1 amide bonds. The average Bonchev–Trinajstić information content (AvgIpc) is 3.35. The maximum Gasteiger partial charge on any atom is 0.275 e. The van der Waals surface area contributed by atoms with Gasteiger partial charge in [0.2, 0.25) is 0 Å². The van der Waals surface area contributed by atoms with E-state index in [1.807, 2.05) is 6.26 Å². The van der Waals surface area contributed by atoms with Crippen LogP contribution in [0.5, 0.6) is 0 Å². The summed E-state index contributed by atoms with van der Waals surface area (Å²) in [6.45, 7) is 0. The van der Waals surface area contributed by atoms with E-state index < -0.39 is 0 Å². The molecule has 122 valence electrons. The normalized spacial score (nSPS) is 14.1. The molecule has 8 heteroatoms. The number of nitrogens with zero attached hydrogens (tertiary/aromatic N) is 3. The number of hydrogen-bond acceptors (Lipinski definition) is 6. The van der Waals surface area contributed by atoms with Crippen LogP contribution in [-0.4, -0.2) is 27.1 Å². The third kappa shape index (κ3) is 2.97. The molecular formula is C16H13ClN4O2S. The predicted octanol–water partition coefficient (Wildman–Crippen LogP) is 4.12. The Morgan fingerprint density at radius 2 is 2.21 bits per heavy atom. The van der Waals surface area contributed by atoms with E-state index in [-0.39, 0.29) is 16.6 Å². The van der Waals surface area contributed by atoms with Crippen molar-refractivity contribution in [1.29, 1.82) is 0 Å². The lowest BCUT2D eigenvalue weighted by atomic mass is 10.2. The molecule has 6 nitrogen and oxygen atoms in total. The highest BCUT2D eigenvalue weighted by Crippen LogP contribution is 2.40. The lowest BCUT2D eigenvalue weighted by molar-refractivity contribution is 0.102. The molecule has 0 aliphatic heterocycles. The Kier molecular flexibility index (Phi) is 3.90. The maximum absolute atomic E-state index is 12.4. The van der Waals surface area contributed by atoms with Crippen molar-refractivity contribution in [2.24, 2.45) is 0 Å². The molecule has 0 spiro atoms. The second-order valence-electron chi connectivity index (χ2n) is 5.52. The van der Waals surface area contributed by atoms with Crippen LogP contribution in [0.25, 0.3) is 11.1 Å². The molecule has 1 saturated carbocycles. The first-order valence-corrected chi connectivity index (χ1v) is 9.02. The van der Waals surface area contributed by atoms with E-state index in [1.165, 1.54) is 18.0 Å². The standard InChI is InChI=1S/C16H13ClN4O2S/c1-24-16-18-7-10(17)13(21-16)14(22)19-9-4-5-12-11(6-9)20-15(23-12)8-2-3-8/h4-8H,2-3H2,1H3,(H,19,22). The Balaban J connectivity index is 1.60. The number of oxazole rings is 1. The molecule has 2 heterocycles. The highest BCUT2D eigenvalue weighted by atomic mass is 35.5. The first kappa shape index (κ1) is 15.4. The van der Waals surface area contributed by atoms with Gasteiger partial charge >= 0.3 is 0 Å². The third-order valence-electron chi connectivity index (χ3n) is 3.71. The number of thioether (sulfide) groups is 1. The second kappa shape index (κ2) is 6.07. The Morgan fingerprint density at radius 1 is 1.38 bits per heavy atom. The zero-order chi connectivity index (χ0) is 16.7. The van der Waals surface area contributed by atoms with Crippen molar-refractivity contribution in [3.8, 4) is 0 Å². The van der Waals surface area contributed by atoms with Crippen molar-refractivity contribution >= 4 is 46.1 Å². The minimum absolute atomic E-state index is 0.148. The maximum atomic E-state index is 12.4. The summed E-state index contributed by atoms with van der Waals surface area (Å²) in [4.78, 5) is 25.1. The first-order valence-electron chi connectivity index (χ1n) is 7.42. The van der Waals surface area contributed by atoms with Gasteiger partial charge < -0.3 is 9.73 Å². The summed E-state index contributed by atoms with van der Waals surface area (Å²) >= 11 is 7.38. The molecule has 1 aromatic carbocycles. The summed E-state index contributed by atoms with van der Waals surface area (Å²) in [5.41, 5.74) is 2.21. The van der Waals surface area contributed by atoms with Gasteiger partial charge in [0.1, 0.15) is 5.52 Å². The van der Waals surface area contributed by atoms with Crippen molar-refractivity contribution in [2.75, 3.05) is 11.6 Å². The molecule has 3 aromatic rings. The number of carbonyl (C=O) groups is 1. The van der Waals surface area contributed by atoms with Crippen LogP contribution in [0, 0.1) is 0 Å². The van der Waals surface area contributed by atoms with E-state index in [9.17, 15) is 4.79 Å². The monoisotopic (exact) mass is 360 g/mol. The molecule has 1 fully saturated rings. The number of rotatable bonds is 4. The Labute approximate surface area is 147 Å². The molecule has 24 heavy (non-hydrogen) atoms. The molecule has 0 saturated heterocycles. The lowest BCUT2D eigenvalue weighted by Gasteiger charge is -2.06. The van der Waals surface area contributed by atoms with Crippen LogP contribution in [0.15, 0.2) is 34.0 Å². The van der Waals surface area contributed by atoms with E-state index in [2.05, 4.69) is 20.3 Å². The quantitative estimate of drug-likeness (QED) is 0.556. The second-order valence-corrected chi connectivity index (χ2v) is 6.70. The van der Waals surface area contributed by atoms with Crippen molar-refractivity contribution in [3.63, 3.8) is 0 Å². The van der Waals surface area contributed by atoms with E-state index >= 15 is 0 Å². The third-order valence-corrected chi connectivity index (χ3v) is 4.55. The van der Waals surface area contributed by atoms with Gasteiger partial charge in [0, 0.05) is 11.6 Å². The average molecular weight is 361 g/mol. The molecule has 0 bridgehead atoms. The van der Waals surface area contributed by atoms with Gasteiger partial charge in [-0.3, -0.25) is 4.79 Å². The van der Waals surface area contributed by atoms with E-state index in [4.69, 9.17) is 16.0 Å². The zero-order valence-electron chi connectivity index (χ0n) is 12.7. The van der Waals surface area contributed by atoms with Crippen LogP contribution in [0.2, 0.25) is 5.02 Å². The molecule has 1 N–H and O–H groups in total. The number of hydrogen-bond donors (Lipinski definition) is 1. The summed E-state index contributed by atoms with van der Waals surface area (Å²) in [5.74, 6) is 0.833. The van der Waals surface area contributed by atoms with Crippen LogP contribution >= 0.6 is 23.4 Å². The van der Waals surface area contributed by atoms with Crippen LogP contribution in [0.3, 0.4) is 0 Å². The molecule has 0 radical (unpaired) electrons. The van der Waals surface area contributed by atoms with Gasteiger partial charge in [0.15, 0.2) is 22.3 Å². The number of halogens is 1. The number of anilines is 1. The smallest absolute Gasteiger partial charge is 0.275 e. The van der Waals surface area contributed by atoms with Crippen LogP contribution < -0.4 is 5.32 Å². The van der Waals surface area contributed by atoms with Gasteiger partial charge in [0.25, 0.3) is 5.91 Å². The molecule has 0 atom stereocenters. The highest BCUT2D eigenvalue weighted by molar-refractivity contribution is 7.98. The summed E-state index contributed by atoms with van der Waals surface area (Å²) in [6, 6.07) is 5.36. The SMILES string of the molecule is CSc1ncc(Cl)c(C(=O)Nc2ccc3oc(C4CC4)nc3c2)n1. The lowest BCUT2D eigenvalue weighted by Crippen LogP contribution is -2.15. The van der Waals surface area contributed by atoms with Crippen molar-refractivity contribution < 1.29 is 9.21 Å². The fourth-order valence-electron chi connectivity index (χ4n) is 2.33. The summed E-state index contributed by atoms with van der Waals surface area (Å²) < 4.78 is 5.72. The largest absolute Gasteiger partial charge is 0.440 e. The van der Waals surface area contributed by atoms with Gasteiger partial charge in [-0.05, 0) is 37.3 Å². The summed E-state index contributed by atoms with van der Waals surface area (Å²) in [6.07, 6.45) is 5.51. The molecular weight excluding hydrogens is 348 g/mol. The molecule has 1 aliphatic carbocycles. The predicted molar refractivity (Wildman–Crippen MR) is 92.8 cm³/mol. The van der Waals surface area contributed by atoms with Gasteiger partial charge in [-0.2, -0.15) is 0 Å². The molecule has 4 rings (SSSR count). The van der Waals surface area contributed by atoms with Crippen molar-refractivity contribution in [3.05, 3.63) is 41.0 Å². The Hall–Kier alpha value is -2.12. The Morgan fingerprint density at radius 3 is 2.96 bits per heavy atom. The van der Waals surface area contributed by atoms with Gasteiger partial charge in [-0.1, -0.05) is 23.4 Å². The zero-order valence-corrected chi connectivity index (χ0v) is 14.3. The fourth-order valence-corrected chi connectivity index (χ4v) is 2.84. The van der Waals surface area contributed by atoms with Crippen LogP contribution in [0.1, 0.15) is 35.1 Å². The number of carbonyl (C=O) groups excluding carboxylic acids is 1. The minimum atomic E-state index is -0.386. The summed E-state index contributed by atoms with van der Waals surface area (Å²) in [5, 5.41) is 3.50. The number of benzene rings is 1. The first-order chi connectivity index (χ1) is 11.6. The van der Waals surface area contributed by atoms with E-state index in [0.29, 0.717) is 16.8 Å². The Bertz CT molecular complexity index is 939. The molecule has 1 aliphatic rings. The fraction of sp³-hybridized carbons (Fsp3) is 0.250. The molecule has 2 aromatic heterocycles. The molecule has 0 unspecified atom stereocenters. The number of aromatic nitrogens is 3. The van der Waals surface area contributed by atoms with E-state index in [1.54, 1.807) is 18.2 Å². The number of fused-ring (bicyclic) bond motifs is 1. The van der Waals surface area contributed by atoms with Crippen molar-refractivity contribution in [1.82, 2.24) is 15.0 Å². The topological polar surface area (TPSA) is 80.9 Å².